The van der Waals surface area contributed by atoms with Crippen LogP contribution in [0.25, 0.3) is 11.0 Å². The van der Waals surface area contributed by atoms with Crippen LogP contribution in [0.5, 0.6) is 0 Å². The van der Waals surface area contributed by atoms with Crippen molar-refractivity contribution in [3.8, 4) is 0 Å². The lowest BCUT2D eigenvalue weighted by Crippen LogP contribution is -2.14. The van der Waals surface area contributed by atoms with Crippen LogP contribution < -0.4 is 5.73 Å². The van der Waals surface area contributed by atoms with E-state index in [0.29, 0.717) is 29.2 Å². The molecule has 1 heterocycles. The Morgan fingerprint density at radius 3 is 2.81 bits per heavy atom. The van der Waals surface area contributed by atoms with Crippen molar-refractivity contribution in [2.45, 2.75) is 25.4 Å². The summed E-state index contributed by atoms with van der Waals surface area (Å²) in [6.45, 7) is 4.94. The second-order valence-electron chi connectivity index (χ2n) is 5.43. The Kier molecular flexibility index (Phi) is 4.84. The lowest BCUT2D eigenvalue weighted by Gasteiger charge is -2.06. The van der Waals surface area contributed by atoms with E-state index in [2.05, 4.69) is 23.8 Å². The van der Waals surface area contributed by atoms with Gasteiger partial charge in [-0.3, -0.25) is 0 Å². The molecule has 0 spiro atoms. The SMILES string of the molecule is CC(C)CCOCCS(=O)(=O)c1nc2ccc(N)cc2[nH]1. The number of anilines is 1. The number of fused-ring (bicyclic) bond motifs is 1. The standard InChI is InChI=1S/C14H21N3O3S/c1-10(2)5-6-20-7-8-21(18,19)14-16-12-4-3-11(15)9-13(12)17-14/h3-4,9-10H,5-8,15H2,1-2H3,(H,16,17). The van der Waals surface area contributed by atoms with Gasteiger partial charge in [-0.1, -0.05) is 13.8 Å². The van der Waals surface area contributed by atoms with E-state index >= 15 is 0 Å². The minimum Gasteiger partial charge on any atom is -0.399 e. The highest BCUT2D eigenvalue weighted by atomic mass is 32.2. The molecule has 0 bridgehead atoms. The van der Waals surface area contributed by atoms with Gasteiger partial charge in [0, 0.05) is 12.3 Å². The summed E-state index contributed by atoms with van der Waals surface area (Å²) in [6.07, 6.45) is 0.921. The van der Waals surface area contributed by atoms with Gasteiger partial charge in [-0.15, -0.1) is 0 Å². The van der Waals surface area contributed by atoms with Crippen molar-refractivity contribution in [1.82, 2.24) is 9.97 Å². The maximum absolute atomic E-state index is 12.2. The first-order valence-electron chi connectivity index (χ1n) is 6.94. The molecule has 0 aliphatic carbocycles. The molecule has 7 heteroatoms. The van der Waals surface area contributed by atoms with Crippen LogP contribution in [0.2, 0.25) is 0 Å². The van der Waals surface area contributed by atoms with Crippen LogP contribution >= 0.6 is 0 Å². The smallest absolute Gasteiger partial charge is 0.226 e. The molecule has 116 valence electrons. The average Bonchev–Trinajstić information content (AvgIpc) is 2.81. The second-order valence-corrected chi connectivity index (χ2v) is 7.46. The van der Waals surface area contributed by atoms with Gasteiger partial charge < -0.3 is 15.5 Å². The Morgan fingerprint density at radius 2 is 2.10 bits per heavy atom. The second kappa shape index (κ2) is 6.44. The Hall–Kier alpha value is -1.60. The highest BCUT2D eigenvalue weighted by molar-refractivity contribution is 7.91. The molecule has 0 aliphatic rings. The molecular formula is C14H21N3O3S. The van der Waals surface area contributed by atoms with Crippen LogP contribution in [0.3, 0.4) is 0 Å². The van der Waals surface area contributed by atoms with Crippen LogP contribution in [-0.2, 0) is 14.6 Å². The molecule has 0 radical (unpaired) electrons. The third kappa shape index (κ3) is 4.18. The van der Waals surface area contributed by atoms with E-state index in [9.17, 15) is 8.42 Å². The number of rotatable bonds is 7. The van der Waals surface area contributed by atoms with Crippen LogP contribution in [-0.4, -0.2) is 37.4 Å². The number of aromatic nitrogens is 2. The molecule has 2 rings (SSSR count). The largest absolute Gasteiger partial charge is 0.399 e. The van der Waals surface area contributed by atoms with Gasteiger partial charge in [-0.25, -0.2) is 13.4 Å². The van der Waals surface area contributed by atoms with Gasteiger partial charge in [0.2, 0.25) is 15.0 Å². The summed E-state index contributed by atoms with van der Waals surface area (Å²) in [5, 5.41) is -0.0319. The van der Waals surface area contributed by atoms with Gasteiger partial charge in [-0.2, -0.15) is 0 Å². The minimum absolute atomic E-state index is 0.0319. The lowest BCUT2D eigenvalue weighted by atomic mass is 10.1. The zero-order valence-electron chi connectivity index (χ0n) is 12.3. The molecule has 0 amide bonds. The maximum atomic E-state index is 12.2. The number of aromatic amines is 1. The van der Waals surface area contributed by atoms with Gasteiger partial charge in [-0.05, 0) is 30.5 Å². The van der Waals surface area contributed by atoms with Gasteiger partial charge in [0.15, 0.2) is 0 Å². The molecule has 0 aliphatic heterocycles. The van der Waals surface area contributed by atoms with Crippen molar-refractivity contribution in [3.63, 3.8) is 0 Å². The number of hydrogen-bond acceptors (Lipinski definition) is 5. The zero-order valence-corrected chi connectivity index (χ0v) is 13.1. The Morgan fingerprint density at radius 1 is 1.33 bits per heavy atom. The monoisotopic (exact) mass is 311 g/mol. The van der Waals surface area contributed by atoms with Crippen molar-refractivity contribution < 1.29 is 13.2 Å². The predicted octanol–water partition coefficient (Wildman–Crippen LogP) is 1.98. The number of hydrogen-bond donors (Lipinski definition) is 2. The van der Waals surface area contributed by atoms with Crippen molar-refractivity contribution in [3.05, 3.63) is 18.2 Å². The Labute approximate surface area is 124 Å². The summed E-state index contributed by atoms with van der Waals surface area (Å²) >= 11 is 0. The molecule has 3 N–H and O–H groups in total. The van der Waals surface area contributed by atoms with Gasteiger partial charge in [0.25, 0.3) is 0 Å². The fourth-order valence-corrected chi connectivity index (χ4v) is 2.87. The molecule has 0 fully saturated rings. The van der Waals surface area contributed by atoms with Crippen molar-refractivity contribution in [2.24, 2.45) is 5.92 Å². The summed E-state index contributed by atoms with van der Waals surface area (Å²) in [4.78, 5) is 6.90. The number of imidazole rings is 1. The van der Waals surface area contributed by atoms with Crippen LogP contribution in [0.15, 0.2) is 23.4 Å². The number of benzene rings is 1. The van der Waals surface area contributed by atoms with E-state index in [4.69, 9.17) is 10.5 Å². The first-order valence-corrected chi connectivity index (χ1v) is 8.59. The van der Waals surface area contributed by atoms with E-state index in [1.54, 1.807) is 18.2 Å². The lowest BCUT2D eigenvalue weighted by molar-refractivity contribution is 0.137. The summed E-state index contributed by atoms with van der Waals surface area (Å²) < 4.78 is 29.7. The average molecular weight is 311 g/mol. The minimum atomic E-state index is -3.47. The number of nitrogens with zero attached hydrogens (tertiary/aromatic N) is 1. The third-order valence-corrected chi connectivity index (χ3v) is 4.60. The maximum Gasteiger partial charge on any atom is 0.226 e. The normalized spacial score (nSPS) is 12.3. The van der Waals surface area contributed by atoms with Crippen LogP contribution in [0.1, 0.15) is 20.3 Å². The fraction of sp³-hybridized carbons (Fsp3) is 0.500. The molecule has 21 heavy (non-hydrogen) atoms. The summed E-state index contributed by atoms with van der Waals surface area (Å²) in [7, 11) is -3.47. The topological polar surface area (TPSA) is 98.1 Å². The molecule has 0 unspecified atom stereocenters. The highest BCUT2D eigenvalue weighted by Gasteiger charge is 2.19. The van der Waals surface area contributed by atoms with Crippen LogP contribution in [0, 0.1) is 5.92 Å². The number of nitrogen functional groups attached to an aromatic ring is 1. The number of H-pyrrole nitrogens is 1. The van der Waals surface area contributed by atoms with Crippen molar-refractivity contribution >= 4 is 26.6 Å². The van der Waals surface area contributed by atoms with Gasteiger partial charge in [0.05, 0.1) is 23.4 Å². The number of nitrogens with one attached hydrogen (secondary N) is 1. The molecule has 6 nitrogen and oxygen atoms in total. The first kappa shape index (κ1) is 15.8. The van der Waals surface area contributed by atoms with E-state index in [1.807, 2.05) is 0 Å². The van der Waals surface area contributed by atoms with Gasteiger partial charge >= 0.3 is 0 Å². The summed E-state index contributed by atoms with van der Waals surface area (Å²) in [6, 6.07) is 5.05. The number of sulfone groups is 1. The third-order valence-electron chi connectivity index (χ3n) is 3.11. The van der Waals surface area contributed by atoms with Crippen molar-refractivity contribution in [1.29, 1.82) is 0 Å². The Balaban J connectivity index is 2.00. The molecule has 2 aromatic rings. The zero-order chi connectivity index (χ0) is 15.5. The van der Waals surface area contributed by atoms with E-state index in [0.717, 1.165) is 6.42 Å². The van der Waals surface area contributed by atoms with Gasteiger partial charge in [0.1, 0.15) is 0 Å². The Bertz CT molecular complexity index is 707. The first-order chi connectivity index (χ1) is 9.88. The molecule has 0 saturated heterocycles. The number of nitrogens with two attached hydrogens (primary N) is 1. The highest BCUT2D eigenvalue weighted by Crippen LogP contribution is 2.18. The quantitative estimate of drug-likeness (QED) is 0.602. The molecule has 0 saturated carbocycles. The predicted molar refractivity (Wildman–Crippen MR) is 82.8 cm³/mol. The molecule has 0 atom stereocenters. The number of ether oxygens (including phenoxy) is 1. The van der Waals surface area contributed by atoms with Crippen LogP contribution in [0.4, 0.5) is 5.69 Å². The van der Waals surface area contributed by atoms with E-state index < -0.39 is 9.84 Å². The molecule has 1 aromatic carbocycles. The molecule has 1 aromatic heterocycles. The summed E-state index contributed by atoms with van der Waals surface area (Å²) in [5.41, 5.74) is 7.43. The fourth-order valence-electron chi connectivity index (χ4n) is 1.84. The van der Waals surface area contributed by atoms with Crippen molar-refractivity contribution in [2.75, 3.05) is 24.7 Å². The summed E-state index contributed by atoms with van der Waals surface area (Å²) in [5.74, 6) is 0.461. The van der Waals surface area contributed by atoms with E-state index in [1.165, 1.54) is 0 Å². The van der Waals surface area contributed by atoms with E-state index in [-0.39, 0.29) is 17.5 Å². The molecular weight excluding hydrogens is 290 g/mol.